The van der Waals surface area contributed by atoms with Crippen LogP contribution in [0.4, 0.5) is 5.69 Å². The smallest absolute Gasteiger partial charge is 0.260 e. The summed E-state index contributed by atoms with van der Waals surface area (Å²) in [5, 5.41) is 15.2. The second kappa shape index (κ2) is 10.3. The molecule has 0 radical (unpaired) electrons. The van der Waals surface area contributed by atoms with Crippen LogP contribution in [-0.4, -0.2) is 40.9 Å². The molecule has 9 nitrogen and oxygen atoms in total. The highest BCUT2D eigenvalue weighted by molar-refractivity contribution is 9.10. The fourth-order valence-electron chi connectivity index (χ4n) is 7.97. The monoisotopic (exact) mass is 655 g/mol. The number of ether oxygens (including phenoxy) is 1. The molecule has 2 heterocycles. The molecule has 3 N–H and O–H groups in total. The Morgan fingerprint density at radius 3 is 2.43 bits per heavy atom. The van der Waals surface area contributed by atoms with Crippen LogP contribution in [0.5, 0.6) is 11.5 Å². The average molecular weight is 657 g/mol. The van der Waals surface area contributed by atoms with Crippen molar-refractivity contribution in [3.05, 3.63) is 99.5 Å². The summed E-state index contributed by atoms with van der Waals surface area (Å²) >= 11 is 3.55. The van der Waals surface area contributed by atoms with Gasteiger partial charge in [0.25, 0.3) is 11.8 Å². The van der Waals surface area contributed by atoms with Crippen LogP contribution in [0.3, 0.4) is 0 Å². The number of aromatic hydroxyl groups is 1. The Bertz CT molecular complexity index is 1760. The second-order valence-corrected chi connectivity index (χ2v) is 12.9. The Morgan fingerprint density at radius 1 is 1.00 bits per heavy atom. The number of hydrazine groups is 1. The zero-order chi connectivity index (χ0) is 30.9. The lowest BCUT2D eigenvalue weighted by Gasteiger charge is -2.50. The zero-order valence-corrected chi connectivity index (χ0v) is 25.6. The van der Waals surface area contributed by atoms with Crippen LogP contribution in [0.2, 0.25) is 0 Å². The number of carbonyl (C=O) groups excluding carboxylic acids is 4. The van der Waals surface area contributed by atoms with Crippen molar-refractivity contribution < 1.29 is 29.0 Å². The van der Waals surface area contributed by atoms with Crippen molar-refractivity contribution in [2.24, 2.45) is 23.7 Å². The third-order valence-electron chi connectivity index (χ3n) is 9.84. The van der Waals surface area contributed by atoms with E-state index in [4.69, 9.17) is 4.74 Å². The minimum Gasteiger partial charge on any atom is -0.504 e. The third-order valence-corrected chi connectivity index (χ3v) is 10.3. The quantitative estimate of drug-likeness (QED) is 0.268. The standard InChI is InChI=1S/C34H30BrN3O6/c1-17-8-10-20(11-9-17)37-38-32(42)25-16-23-21(12-13-22-27(23)31(41)36-30(22)40)28(24-14-19(35)15-26(44-2)29(24)39)34(25,33(38)43)18-6-4-3-5-7-18/h3-12,14-15,22-23,25,27-28,37,39H,13,16H2,1-2H3,(H,36,40,41). The van der Waals surface area contributed by atoms with Gasteiger partial charge in [-0.25, -0.2) is 0 Å². The van der Waals surface area contributed by atoms with Crippen LogP contribution in [0.25, 0.3) is 0 Å². The number of carbonyl (C=O) groups is 4. The predicted molar refractivity (Wildman–Crippen MR) is 164 cm³/mol. The zero-order valence-electron chi connectivity index (χ0n) is 24.0. The first-order chi connectivity index (χ1) is 21.2. The molecule has 0 bridgehead atoms. The fourth-order valence-corrected chi connectivity index (χ4v) is 8.43. The van der Waals surface area contributed by atoms with E-state index in [9.17, 15) is 19.5 Å². The number of hydrogen-bond acceptors (Lipinski definition) is 7. The number of hydrogen-bond donors (Lipinski definition) is 3. The molecule has 3 aromatic rings. The first-order valence-corrected chi connectivity index (χ1v) is 15.3. The van der Waals surface area contributed by atoms with Gasteiger partial charge in [-0.05, 0) is 55.5 Å². The molecule has 3 aromatic carbocycles. The number of rotatable bonds is 5. The van der Waals surface area contributed by atoms with Crippen molar-refractivity contribution in [2.75, 3.05) is 12.5 Å². The summed E-state index contributed by atoms with van der Waals surface area (Å²) in [7, 11) is 1.45. The van der Waals surface area contributed by atoms with E-state index >= 15 is 4.79 Å². The lowest BCUT2D eigenvalue weighted by Crippen LogP contribution is -2.53. The molecule has 4 amide bonds. The van der Waals surface area contributed by atoms with Gasteiger partial charge in [0.05, 0.1) is 36.0 Å². The van der Waals surface area contributed by atoms with Crippen molar-refractivity contribution in [2.45, 2.75) is 31.1 Å². The number of halogens is 1. The van der Waals surface area contributed by atoms with Gasteiger partial charge >= 0.3 is 0 Å². The van der Waals surface area contributed by atoms with Crippen LogP contribution < -0.4 is 15.5 Å². The molecule has 6 unspecified atom stereocenters. The molecule has 10 heteroatoms. The normalized spacial score (nSPS) is 29.0. The topological polar surface area (TPSA) is 125 Å². The number of aryl methyl sites for hydroxylation is 1. The summed E-state index contributed by atoms with van der Waals surface area (Å²) in [5.74, 6) is -5.06. The molecule has 0 spiro atoms. The van der Waals surface area contributed by atoms with Crippen molar-refractivity contribution in [1.82, 2.24) is 10.3 Å². The number of imide groups is 2. The van der Waals surface area contributed by atoms with Gasteiger partial charge in [0.2, 0.25) is 11.8 Å². The van der Waals surface area contributed by atoms with Crippen molar-refractivity contribution in [3.8, 4) is 11.5 Å². The summed E-state index contributed by atoms with van der Waals surface area (Å²) in [6.07, 6.45) is 2.43. The highest BCUT2D eigenvalue weighted by Crippen LogP contribution is 2.65. The second-order valence-electron chi connectivity index (χ2n) is 12.0. The van der Waals surface area contributed by atoms with E-state index in [1.807, 2.05) is 55.5 Å². The number of phenols is 1. The van der Waals surface area contributed by atoms with Crippen LogP contribution in [-0.2, 0) is 24.6 Å². The first-order valence-electron chi connectivity index (χ1n) is 14.5. The van der Waals surface area contributed by atoms with Gasteiger partial charge in [-0.15, -0.1) is 0 Å². The number of allylic oxidation sites excluding steroid dienone is 2. The molecule has 2 saturated heterocycles. The number of nitrogens with one attached hydrogen (secondary N) is 2. The van der Waals surface area contributed by atoms with Gasteiger partial charge in [-0.3, -0.25) is 29.9 Å². The molecule has 2 aliphatic carbocycles. The summed E-state index contributed by atoms with van der Waals surface area (Å²) in [4.78, 5) is 55.6. The van der Waals surface area contributed by atoms with E-state index in [1.165, 1.54) is 7.11 Å². The van der Waals surface area contributed by atoms with E-state index in [2.05, 4.69) is 26.7 Å². The SMILES string of the molecule is COc1cc(Br)cc(C2C3=CCC4C(=O)NC(=O)C4C3CC3C(=O)N(Nc4ccc(C)cc4)C(=O)C32c2ccccc2)c1O. The summed E-state index contributed by atoms with van der Waals surface area (Å²) in [6, 6.07) is 19.9. The van der Waals surface area contributed by atoms with Crippen LogP contribution in [0.1, 0.15) is 35.4 Å². The number of nitrogens with zero attached hydrogens (tertiary/aromatic N) is 1. The maximum atomic E-state index is 15.1. The lowest BCUT2D eigenvalue weighted by atomic mass is 9.49. The number of benzene rings is 3. The Balaban J connectivity index is 1.50. The molecule has 224 valence electrons. The largest absolute Gasteiger partial charge is 0.504 e. The van der Waals surface area contributed by atoms with Crippen molar-refractivity contribution >= 4 is 45.2 Å². The average Bonchev–Trinajstić information content (AvgIpc) is 3.43. The Hall–Kier alpha value is -4.44. The number of phenolic OH excluding ortho intramolecular Hbond substituents is 1. The van der Waals surface area contributed by atoms with E-state index in [-0.39, 0.29) is 29.7 Å². The molecule has 0 aromatic heterocycles. The Morgan fingerprint density at radius 2 is 1.73 bits per heavy atom. The lowest BCUT2D eigenvalue weighted by molar-refractivity contribution is -0.138. The summed E-state index contributed by atoms with van der Waals surface area (Å²) in [6.45, 7) is 1.95. The Kier molecular flexibility index (Phi) is 6.65. The van der Waals surface area contributed by atoms with Gasteiger partial charge in [0.1, 0.15) is 0 Å². The van der Waals surface area contributed by atoms with Gasteiger partial charge in [-0.2, -0.15) is 5.01 Å². The van der Waals surface area contributed by atoms with Crippen LogP contribution in [0, 0.1) is 30.6 Å². The molecule has 1 saturated carbocycles. The molecule has 44 heavy (non-hydrogen) atoms. The van der Waals surface area contributed by atoms with E-state index < -0.39 is 46.8 Å². The summed E-state index contributed by atoms with van der Waals surface area (Å²) in [5.41, 5.74) is 4.95. The van der Waals surface area contributed by atoms with E-state index in [0.29, 0.717) is 27.7 Å². The number of methoxy groups -OCH3 is 1. The van der Waals surface area contributed by atoms with Gasteiger partial charge in [0.15, 0.2) is 11.5 Å². The highest BCUT2D eigenvalue weighted by atomic mass is 79.9. The van der Waals surface area contributed by atoms with E-state index in [0.717, 1.165) is 16.1 Å². The van der Waals surface area contributed by atoms with Crippen molar-refractivity contribution in [3.63, 3.8) is 0 Å². The molecule has 7 rings (SSSR count). The van der Waals surface area contributed by atoms with E-state index in [1.54, 1.807) is 24.3 Å². The molecule has 6 atom stereocenters. The molecule has 4 aliphatic rings. The molecule has 2 aliphatic heterocycles. The maximum absolute atomic E-state index is 15.1. The minimum atomic E-state index is -1.48. The Labute approximate surface area is 262 Å². The van der Waals surface area contributed by atoms with Crippen LogP contribution in [0.15, 0.2) is 82.9 Å². The van der Waals surface area contributed by atoms with Gasteiger partial charge in [-0.1, -0.05) is 75.6 Å². The maximum Gasteiger partial charge on any atom is 0.260 e. The predicted octanol–water partition coefficient (Wildman–Crippen LogP) is 4.74. The summed E-state index contributed by atoms with van der Waals surface area (Å²) < 4.78 is 6.13. The highest BCUT2D eigenvalue weighted by Gasteiger charge is 2.70. The molecule has 3 fully saturated rings. The number of amides is 4. The fraction of sp³-hybridized carbons (Fsp3) is 0.294. The number of fused-ring (bicyclic) bond motifs is 4. The molecular formula is C34H30BrN3O6. The van der Waals surface area contributed by atoms with Gasteiger partial charge in [0, 0.05) is 16.0 Å². The molecular weight excluding hydrogens is 626 g/mol. The van der Waals surface area contributed by atoms with Crippen LogP contribution >= 0.6 is 15.9 Å². The number of anilines is 1. The van der Waals surface area contributed by atoms with Gasteiger partial charge < -0.3 is 9.84 Å². The third kappa shape index (κ3) is 3.96. The van der Waals surface area contributed by atoms with Crippen molar-refractivity contribution in [1.29, 1.82) is 0 Å². The minimum absolute atomic E-state index is 0.157. The first kappa shape index (κ1) is 28.3.